The first-order valence-electron chi connectivity index (χ1n) is 10.8. The van der Waals surface area contributed by atoms with Crippen molar-refractivity contribution in [2.24, 2.45) is 17.8 Å². The van der Waals surface area contributed by atoms with Crippen molar-refractivity contribution in [2.45, 2.75) is 75.5 Å². The largest absolute Gasteiger partial charge is 0.396 e. The lowest BCUT2D eigenvalue weighted by Gasteiger charge is -2.39. The van der Waals surface area contributed by atoms with Crippen LogP contribution in [-0.2, 0) is 14.4 Å². The summed E-state index contributed by atoms with van der Waals surface area (Å²) in [4.78, 5) is 41.6. The molecule has 3 saturated heterocycles. The number of amides is 3. The smallest absolute Gasteiger partial charge is 0.244 e. The minimum atomic E-state index is -0.611. The number of carbonyl (C=O) groups excluding carboxylic acids is 3. The summed E-state index contributed by atoms with van der Waals surface area (Å²) in [5.41, 5.74) is -0.417. The summed E-state index contributed by atoms with van der Waals surface area (Å²) in [5, 5.41) is 15.5. The van der Waals surface area contributed by atoms with E-state index in [4.69, 9.17) is 0 Å². The summed E-state index contributed by atoms with van der Waals surface area (Å²) in [6.45, 7) is 10.8. The molecular formula is C21H35N3O4S. The van der Waals surface area contributed by atoms with E-state index in [1.54, 1.807) is 16.7 Å². The lowest BCUT2D eigenvalue weighted by molar-refractivity contribution is -0.140. The number of hydrogen-bond acceptors (Lipinski definition) is 5. The minimum absolute atomic E-state index is 0.0409. The van der Waals surface area contributed by atoms with Crippen molar-refractivity contribution in [3.8, 4) is 0 Å². The molecular weight excluding hydrogens is 390 g/mol. The summed E-state index contributed by atoms with van der Waals surface area (Å²) in [6, 6.07) is -0.611. The second-order valence-electron chi connectivity index (χ2n) is 9.69. The van der Waals surface area contributed by atoms with Gasteiger partial charge in [0.1, 0.15) is 6.04 Å². The Morgan fingerprint density at radius 3 is 2.59 bits per heavy atom. The third-order valence-corrected chi connectivity index (χ3v) is 8.48. The molecule has 0 radical (unpaired) electrons. The van der Waals surface area contributed by atoms with Crippen molar-refractivity contribution in [3.63, 3.8) is 0 Å². The van der Waals surface area contributed by atoms with Gasteiger partial charge < -0.3 is 20.6 Å². The Kier molecular flexibility index (Phi) is 6.26. The van der Waals surface area contributed by atoms with E-state index in [1.807, 2.05) is 27.7 Å². The predicted octanol–water partition coefficient (Wildman–Crippen LogP) is 1.15. The van der Waals surface area contributed by atoms with E-state index in [0.29, 0.717) is 19.5 Å². The standard InChI is InChI=1S/C21H35N3O4S/c1-6-8-22-17(26)14-13-11-12(2)21(29-13)15(14)19(28)24(9-7-10-25)16(21)18(27)23-20(3,4)5/h12-16,25H,6-11H2,1-5H3,(H,22,26)(H,23,27)/t12?,13-,14+,15+,16?,21?/m1/s1. The number of fused-ring (bicyclic) bond motifs is 1. The van der Waals surface area contributed by atoms with Crippen LogP contribution in [0.25, 0.3) is 0 Å². The Bertz CT molecular complexity index is 679. The molecule has 7 nitrogen and oxygen atoms in total. The monoisotopic (exact) mass is 425 g/mol. The fraction of sp³-hybridized carbons (Fsp3) is 0.857. The topological polar surface area (TPSA) is 98.7 Å². The Morgan fingerprint density at radius 2 is 2.00 bits per heavy atom. The fourth-order valence-corrected chi connectivity index (χ4v) is 7.83. The van der Waals surface area contributed by atoms with Gasteiger partial charge in [0, 0.05) is 30.5 Å². The number of carbonyl (C=O) groups is 3. The van der Waals surface area contributed by atoms with Gasteiger partial charge in [-0.2, -0.15) is 0 Å². The van der Waals surface area contributed by atoms with Gasteiger partial charge in [-0.3, -0.25) is 14.4 Å². The van der Waals surface area contributed by atoms with Gasteiger partial charge in [0.15, 0.2) is 0 Å². The number of thioether (sulfide) groups is 1. The van der Waals surface area contributed by atoms with Gasteiger partial charge in [-0.25, -0.2) is 0 Å². The van der Waals surface area contributed by atoms with Crippen molar-refractivity contribution < 1.29 is 19.5 Å². The molecule has 29 heavy (non-hydrogen) atoms. The second kappa shape index (κ2) is 8.10. The van der Waals surface area contributed by atoms with Gasteiger partial charge in [0.2, 0.25) is 17.7 Å². The van der Waals surface area contributed by atoms with Gasteiger partial charge in [0.05, 0.1) is 16.6 Å². The highest BCUT2D eigenvalue weighted by atomic mass is 32.2. The number of nitrogens with one attached hydrogen (secondary N) is 2. The maximum atomic E-state index is 13.6. The number of aliphatic hydroxyl groups excluding tert-OH is 1. The van der Waals surface area contributed by atoms with Gasteiger partial charge in [-0.15, -0.1) is 11.8 Å². The van der Waals surface area contributed by atoms with Crippen molar-refractivity contribution in [2.75, 3.05) is 19.7 Å². The van der Waals surface area contributed by atoms with Crippen LogP contribution in [0.15, 0.2) is 0 Å². The van der Waals surface area contributed by atoms with E-state index in [9.17, 15) is 19.5 Å². The summed E-state index contributed by atoms with van der Waals surface area (Å²) >= 11 is 1.68. The predicted molar refractivity (Wildman–Crippen MR) is 113 cm³/mol. The lowest BCUT2D eigenvalue weighted by atomic mass is 9.65. The molecule has 0 aliphatic carbocycles. The molecule has 6 atom stereocenters. The molecule has 1 spiro atoms. The molecule has 0 aromatic heterocycles. The lowest BCUT2D eigenvalue weighted by Crippen LogP contribution is -2.59. The highest BCUT2D eigenvalue weighted by Crippen LogP contribution is 2.68. The molecule has 2 bridgehead atoms. The van der Waals surface area contributed by atoms with Crippen LogP contribution in [0.3, 0.4) is 0 Å². The summed E-state index contributed by atoms with van der Waals surface area (Å²) in [7, 11) is 0. The second-order valence-corrected chi connectivity index (χ2v) is 11.2. The molecule has 3 heterocycles. The van der Waals surface area contributed by atoms with Crippen LogP contribution in [-0.4, -0.2) is 69.0 Å². The molecule has 0 saturated carbocycles. The zero-order valence-corrected chi connectivity index (χ0v) is 19.0. The molecule has 3 unspecified atom stereocenters. The van der Waals surface area contributed by atoms with Crippen LogP contribution in [0.5, 0.6) is 0 Å². The van der Waals surface area contributed by atoms with Crippen molar-refractivity contribution in [1.82, 2.24) is 15.5 Å². The van der Waals surface area contributed by atoms with Gasteiger partial charge in [-0.05, 0) is 46.0 Å². The van der Waals surface area contributed by atoms with Gasteiger partial charge in [-0.1, -0.05) is 13.8 Å². The number of hydrogen-bond donors (Lipinski definition) is 3. The van der Waals surface area contributed by atoms with Crippen LogP contribution in [0.2, 0.25) is 0 Å². The van der Waals surface area contributed by atoms with Crippen LogP contribution in [0.1, 0.15) is 53.9 Å². The fourth-order valence-electron chi connectivity index (χ4n) is 5.41. The molecule has 3 fully saturated rings. The zero-order chi connectivity index (χ0) is 21.6. The first-order valence-corrected chi connectivity index (χ1v) is 11.6. The van der Waals surface area contributed by atoms with E-state index in [-0.39, 0.29) is 41.4 Å². The average molecular weight is 426 g/mol. The number of rotatable bonds is 7. The molecule has 0 aromatic carbocycles. The zero-order valence-electron chi connectivity index (χ0n) is 18.2. The molecule has 164 valence electrons. The molecule has 3 amide bonds. The van der Waals surface area contributed by atoms with Crippen LogP contribution >= 0.6 is 11.8 Å². The Morgan fingerprint density at radius 1 is 1.31 bits per heavy atom. The molecule has 8 heteroatoms. The van der Waals surface area contributed by atoms with Crippen LogP contribution < -0.4 is 10.6 Å². The van der Waals surface area contributed by atoms with E-state index in [2.05, 4.69) is 17.6 Å². The molecule has 0 aromatic rings. The molecule has 3 aliphatic heterocycles. The third-order valence-electron chi connectivity index (χ3n) is 6.40. The van der Waals surface area contributed by atoms with Crippen LogP contribution in [0.4, 0.5) is 0 Å². The van der Waals surface area contributed by atoms with Crippen molar-refractivity contribution in [3.05, 3.63) is 0 Å². The first kappa shape index (κ1) is 22.4. The van der Waals surface area contributed by atoms with E-state index in [0.717, 1.165) is 12.8 Å². The maximum Gasteiger partial charge on any atom is 0.244 e. The third kappa shape index (κ3) is 3.67. The van der Waals surface area contributed by atoms with Crippen LogP contribution in [0, 0.1) is 17.8 Å². The number of nitrogens with zero attached hydrogens (tertiary/aromatic N) is 1. The Balaban J connectivity index is 2.00. The van der Waals surface area contributed by atoms with Crippen molar-refractivity contribution >= 4 is 29.5 Å². The van der Waals surface area contributed by atoms with E-state index < -0.39 is 22.2 Å². The minimum Gasteiger partial charge on any atom is -0.396 e. The molecule has 3 rings (SSSR count). The number of aliphatic hydroxyl groups is 1. The summed E-state index contributed by atoms with van der Waals surface area (Å²) in [5.74, 6) is -1.02. The average Bonchev–Trinajstić information content (AvgIpc) is 3.20. The Labute approximate surface area is 177 Å². The highest BCUT2D eigenvalue weighted by molar-refractivity contribution is 8.02. The van der Waals surface area contributed by atoms with E-state index >= 15 is 0 Å². The Hall–Kier alpha value is -1.28. The van der Waals surface area contributed by atoms with Gasteiger partial charge >= 0.3 is 0 Å². The molecule has 3 aliphatic rings. The summed E-state index contributed by atoms with van der Waals surface area (Å²) < 4.78 is -0.583. The summed E-state index contributed by atoms with van der Waals surface area (Å²) in [6.07, 6.45) is 2.10. The van der Waals surface area contributed by atoms with Crippen molar-refractivity contribution in [1.29, 1.82) is 0 Å². The molecule has 3 N–H and O–H groups in total. The van der Waals surface area contributed by atoms with E-state index in [1.165, 1.54) is 0 Å². The quantitative estimate of drug-likeness (QED) is 0.568. The maximum absolute atomic E-state index is 13.6. The SMILES string of the molecule is CCCNC(=O)[C@@H]1[C@H]2C(=O)N(CCCO)C(C(=O)NC(C)(C)C)C23S[C@@H]1CC3C. The normalized spacial score (nSPS) is 35.7. The first-order chi connectivity index (χ1) is 13.6. The number of likely N-dealkylation sites (tertiary alicyclic amines) is 1. The highest BCUT2D eigenvalue weighted by Gasteiger charge is 2.75. The van der Waals surface area contributed by atoms with Gasteiger partial charge in [0.25, 0.3) is 0 Å².